The highest BCUT2D eigenvalue weighted by Crippen LogP contribution is 2.28. The molecule has 1 atom stereocenters. The molecule has 0 aromatic rings. The highest BCUT2D eigenvalue weighted by molar-refractivity contribution is 8.14. The number of ether oxygens (including phenoxy) is 1. The Bertz CT molecular complexity index is 345. The predicted molar refractivity (Wildman–Crippen MR) is 81.4 cm³/mol. The zero-order valence-electron chi connectivity index (χ0n) is 11.6. The maximum atomic E-state index is 12.0. The maximum absolute atomic E-state index is 12.0. The van der Waals surface area contributed by atoms with Gasteiger partial charge in [-0.2, -0.15) is 0 Å². The average Bonchev–Trinajstić information content (AvgIpc) is 2.84. The Morgan fingerprint density at radius 3 is 2.75 bits per heavy atom. The van der Waals surface area contributed by atoms with Crippen molar-refractivity contribution in [3.63, 3.8) is 0 Å². The smallest absolute Gasteiger partial charge is 0.279 e. The lowest BCUT2D eigenvalue weighted by molar-refractivity contribution is -0.123. The fourth-order valence-corrected chi connectivity index (χ4v) is 3.34. The second-order valence-corrected chi connectivity index (χ2v) is 6.19. The SMILES string of the molecule is COCC1(CNC(=O)[C@@H]2CSC(=O)N2)CCNCC1.Cl. The lowest BCUT2D eigenvalue weighted by Gasteiger charge is -2.37. The minimum atomic E-state index is -0.390. The molecule has 0 spiro atoms. The van der Waals surface area contributed by atoms with Gasteiger partial charge < -0.3 is 20.7 Å². The number of rotatable bonds is 5. The Morgan fingerprint density at radius 2 is 2.20 bits per heavy atom. The number of amides is 2. The zero-order valence-corrected chi connectivity index (χ0v) is 13.2. The van der Waals surface area contributed by atoms with E-state index >= 15 is 0 Å². The fourth-order valence-electron chi connectivity index (χ4n) is 2.56. The predicted octanol–water partition coefficient (Wildman–Crippen LogP) is 0.366. The average molecular weight is 324 g/mol. The van der Waals surface area contributed by atoms with Gasteiger partial charge in [-0.25, -0.2) is 0 Å². The van der Waals surface area contributed by atoms with Crippen LogP contribution in [0, 0.1) is 5.41 Å². The summed E-state index contributed by atoms with van der Waals surface area (Å²) >= 11 is 1.16. The van der Waals surface area contributed by atoms with E-state index in [0.717, 1.165) is 37.7 Å². The molecular formula is C12H22ClN3O3S. The van der Waals surface area contributed by atoms with Gasteiger partial charge in [0.25, 0.3) is 5.24 Å². The molecule has 2 amide bonds. The molecule has 8 heteroatoms. The summed E-state index contributed by atoms with van der Waals surface area (Å²) in [6.45, 7) is 3.17. The third-order valence-corrected chi connectivity index (χ3v) is 4.62. The number of methoxy groups -OCH3 is 1. The molecule has 0 unspecified atom stereocenters. The summed E-state index contributed by atoms with van der Waals surface area (Å²) in [6, 6.07) is -0.390. The van der Waals surface area contributed by atoms with Crippen molar-refractivity contribution in [1.29, 1.82) is 0 Å². The van der Waals surface area contributed by atoms with Crippen molar-refractivity contribution >= 4 is 35.3 Å². The van der Waals surface area contributed by atoms with Crippen LogP contribution in [0.15, 0.2) is 0 Å². The molecule has 6 nitrogen and oxygen atoms in total. The van der Waals surface area contributed by atoms with E-state index in [4.69, 9.17) is 4.74 Å². The quantitative estimate of drug-likeness (QED) is 0.681. The molecular weight excluding hydrogens is 302 g/mol. The normalized spacial score (nSPS) is 24.6. The molecule has 2 rings (SSSR count). The molecule has 2 aliphatic rings. The van der Waals surface area contributed by atoms with Gasteiger partial charge in [-0.3, -0.25) is 9.59 Å². The van der Waals surface area contributed by atoms with Gasteiger partial charge in [0.05, 0.1) is 6.61 Å². The summed E-state index contributed by atoms with van der Waals surface area (Å²) in [5.41, 5.74) is 0.0193. The summed E-state index contributed by atoms with van der Waals surface area (Å²) in [4.78, 5) is 23.1. The van der Waals surface area contributed by atoms with Crippen LogP contribution in [0.25, 0.3) is 0 Å². The standard InChI is InChI=1S/C12H21N3O3S.ClH/c1-18-8-12(2-4-13-5-3-12)7-14-10(16)9-6-19-11(17)15-9;/h9,13H,2-8H2,1H3,(H,14,16)(H,15,17);1H/t9-;/m0./s1. The van der Waals surface area contributed by atoms with Crippen LogP contribution < -0.4 is 16.0 Å². The third-order valence-electron chi connectivity index (χ3n) is 3.74. The van der Waals surface area contributed by atoms with E-state index in [2.05, 4.69) is 16.0 Å². The van der Waals surface area contributed by atoms with Gasteiger partial charge in [0.15, 0.2) is 0 Å². The summed E-state index contributed by atoms with van der Waals surface area (Å²) in [5, 5.41) is 8.82. The van der Waals surface area contributed by atoms with Gasteiger partial charge >= 0.3 is 0 Å². The summed E-state index contributed by atoms with van der Waals surface area (Å²) in [5.74, 6) is 0.427. The largest absolute Gasteiger partial charge is 0.384 e. The van der Waals surface area contributed by atoms with Gasteiger partial charge in [0.1, 0.15) is 6.04 Å². The molecule has 3 N–H and O–H groups in total. The van der Waals surface area contributed by atoms with E-state index < -0.39 is 0 Å². The molecule has 0 saturated carbocycles. The highest BCUT2D eigenvalue weighted by atomic mass is 35.5. The first kappa shape index (κ1) is 17.6. The van der Waals surface area contributed by atoms with Crippen LogP contribution in [0.3, 0.4) is 0 Å². The Kier molecular flexibility index (Phi) is 7.08. The number of halogens is 1. The van der Waals surface area contributed by atoms with Crippen molar-refractivity contribution in [2.45, 2.75) is 18.9 Å². The Morgan fingerprint density at radius 1 is 1.50 bits per heavy atom. The van der Waals surface area contributed by atoms with Gasteiger partial charge in [-0.1, -0.05) is 11.8 Å². The Hall–Kier alpha value is -0.500. The van der Waals surface area contributed by atoms with Crippen molar-refractivity contribution in [2.75, 3.05) is 39.1 Å². The summed E-state index contributed by atoms with van der Waals surface area (Å²) < 4.78 is 5.31. The van der Waals surface area contributed by atoms with Crippen LogP contribution in [0.4, 0.5) is 4.79 Å². The number of nitrogens with one attached hydrogen (secondary N) is 3. The number of piperidine rings is 1. The van der Waals surface area contributed by atoms with E-state index in [0.29, 0.717) is 18.9 Å². The number of hydrogen-bond acceptors (Lipinski definition) is 5. The molecule has 2 saturated heterocycles. The first-order valence-electron chi connectivity index (χ1n) is 6.56. The van der Waals surface area contributed by atoms with Crippen molar-refractivity contribution in [2.24, 2.45) is 5.41 Å². The van der Waals surface area contributed by atoms with E-state index in [9.17, 15) is 9.59 Å². The second kappa shape index (κ2) is 8.07. The van der Waals surface area contributed by atoms with Crippen molar-refractivity contribution in [3.8, 4) is 0 Å². The zero-order chi connectivity index (χ0) is 13.7. The first-order chi connectivity index (χ1) is 9.15. The molecule has 2 aliphatic heterocycles. The van der Waals surface area contributed by atoms with E-state index in [1.165, 1.54) is 0 Å². The molecule has 0 bridgehead atoms. The molecule has 0 aliphatic carbocycles. The Labute approximate surface area is 129 Å². The maximum Gasteiger partial charge on any atom is 0.279 e. The molecule has 116 valence electrons. The first-order valence-corrected chi connectivity index (χ1v) is 7.54. The number of thioether (sulfide) groups is 1. The van der Waals surface area contributed by atoms with Crippen LogP contribution in [0.5, 0.6) is 0 Å². The minimum absolute atomic E-state index is 0. The monoisotopic (exact) mass is 323 g/mol. The molecule has 0 aromatic heterocycles. The number of carbonyl (C=O) groups is 2. The van der Waals surface area contributed by atoms with Crippen LogP contribution in [0.2, 0.25) is 0 Å². The molecule has 0 radical (unpaired) electrons. The summed E-state index contributed by atoms with van der Waals surface area (Å²) in [6.07, 6.45) is 1.99. The fraction of sp³-hybridized carbons (Fsp3) is 0.833. The highest BCUT2D eigenvalue weighted by Gasteiger charge is 2.34. The van der Waals surface area contributed by atoms with Gasteiger partial charge in [0, 0.05) is 24.8 Å². The second-order valence-electron chi connectivity index (χ2n) is 5.20. The lowest BCUT2D eigenvalue weighted by Crippen LogP contribution is -2.50. The van der Waals surface area contributed by atoms with Crippen molar-refractivity contribution in [1.82, 2.24) is 16.0 Å². The lowest BCUT2D eigenvalue weighted by atomic mass is 9.79. The topological polar surface area (TPSA) is 79.5 Å². The number of hydrogen-bond donors (Lipinski definition) is 3. The van der Waals surface area contributed by atoms with E-state index in [1.54, 1.807) is 7.11 Å². The summed E-state index contributed by atoms with van der Waals surface area (Å²) in [7, 11) is 1.69. The number of carbonyl (C=O) groups excluding carboxylic acids is 2. The molecule has 0 aromatic carbocycles. The van der Waals surface area contributed by atoms with Crippen LogP contribution in [-0.2, 0) is 9.53 Å². The molecule has 2 fully saturated rings. The molecule has 20 heavy (non-hydrogen) atoms. The van der Waals surface area contributed by atoms with Crippen LogP contribution >= 0.6 is 24.2 Å². The van der Waals surface area contributed by atoms with E-state index in [1.807, 2.05) is 0 Å². The van der Waals surface area contributed by atoms with Gasteiger partial charge in [0.2, 0.25) is 5.91 Å². The third kappa shape index (κ3) is 4.51. The van der Waals surface area contributed by atoms with Crippen molar-refractivity contribution in [3.05, 3.63) is 0 Å². The van der Waals surface area contributed by atoms with Crippen molar-refractivity contribution < 1.29 is 14.3 Å². The van der Waals surface area contributed by atoms with Gasteiger partial charge in [-0.15, -0.1) is 12.4 Å². The van der Waals surface area contributed by atoms with Crippen LogP contribution in [0.1, 0.15) is 12.8 Å². The Balaban J connectivity index is 0.00000200. The van der Waals surface area contributed by atoms with Crippen LogP contribution in [-0.4, -0.2) is 56.3 Å². The minimum Gasteiger partial charge on any atom is -0.384 e. The van der Waals surface area contributed by atoms with E-state index in [-0.39, 0.29) is 35.0 Å². The van der Waals surface area contributed by atoms with Gasteiger partial charge in [-0.05, 0) is 25.9 Å². The molecule has 2 heterocycles.